The molecular weight excluding hydrogens is 324 g/mol. The van der Waals surface area contributed by atoms with Gasteiger partial charge in [0.2, 0.25) is 0 Å². The summed E-state index contributed by atoms with van der Waals surface area (Å²) >= 11 is 0. The van der Waals surface area contributed by atoms with Crippen molar-refractivity contribution < 1.29 is 22.4 Å². The lowest BCUT2D eigenvalue weighted by Crippen LogP contribution is -2.44. The fraction of sp³-hybridized carbons (Fsp3) is 0.462. The van der Waals surface area contributed by atoms with Crippen LogP contribution in [0.15, 0.2) is 21.9 Å². The third-order valence-corrected chi connectivity index (χ3v) is 4.83. The van der Waals surface area contributed by atoms with Crippen LogP contribution in [0.4, 0.5) is 0 Å². The van der Waals surface area contributed by atoms with Crippen molar-refractivity contribution in [1.82, 2.24) is 20.1 Å². The van der Waals surface area contributed by atoms with Gasteiger partial charge >= 0.3 is 0 Å². The quantitative estimate of drug-likeness (QED) is 0.855. The van der Waals surface area contributed by atoms with Crippen LogP contribution >= 0.6 is 0 Å². The first kappa shape index (κ1) is 15.7. The molecule has 3 heterocycles. The SMILES string of the molecule is Cc1ocnc1C(=O)N1CCOC[C@H]1c1[nH]ncc1S(C)(=O)=O. The minimum absolute atomic E-state index is 0.0580. The van der Waals surface area contributed by atoms with Crippen LogP contribution in [0.1, 0.15) is 28.0 Å². The highest BCUT2D eigenvalue weighted by molar-refractivity contribution is 7.90. The number of oxazole rings is 1. The fourth-order valence-electron chi connectivity index (χ4n) is 2.55. The van der Waals surface area contributed by atoms with Crippen molar-refractivity contribution in [2.45, 2.75) is 17.9 Å². The molecule has 2 aromatic rings. The summed E-state index contributed by atoms with van der Waals surface area (Å²) < 4.78 is 34.3. The van der Waals surface area contributed by atoms with Crippen LogP contribution in [0.3, 0.4) is 0 Å². The molecule has 0 aromatic carbocycles. The zero-order valence-electron chi connectivity index (χ0n) is 12.6. The summed E-state index contributed by atoms with van der Waals surface area (Å²) in [5, 5.41) is 6.49. The highest BCUT2D eigenvalue weighted by Crippen LogP contribution is 2.29. The van der Waals surface area contributed by atoms with Gasteiger partial charge in [-0.25, -0.2) is 13.4 Å². The van der Waals surface area contributed by atoms with E-state index in [0.29, 0.717) is 24.6 Å². The number of aryl methyl sites for hydroxylation is 1. The Labute approximate surface area is 132 Å². The van der Waals surface area contributed by atoms with Gasteiger partial charge in [-0.1, -0.05) is 0 Å². The number of nitrogens with one attached hydrogen (secondary N) is 1. The first-order chi connectivity index (χ1) is 10.9. The van der Waals surface area contributed by atoms with Crippen molar-refractivity contribution in [2.75, 3.05) is 26.0 Å². The van der Waals surface area contributed by atoms with Crippen molar-refractivity contribution in [2.24, 2.45) is 0 Å². The summed E-state index contributed by atoms with van der Waals surface area (Å²) in [6.07, 6.45) is 3.54. The van der Waals surface area contributed by atoms with E-state index in [4.69, 9.17) is 9.15 Å². The Hall–Kier alpha value is -2.20. The molecule has 1 N–H and O–H groups in total. The topological polar surface area (TPSA) is 118 Å². The van der Waals surface area contributed by atoms with Gasteiger partial charge in [0.05, 0.1) is 31.1 Å². The van der Waals surface area contributed by atoms with Gasteiger partial charge < -0.3 is 14.1 Å². The Morgan fingerprint density at radius 1 is 1.48 bits per heavy atom. The first-order valence-electron chi connectivity index (χ1n) is 6.91. The molecule has 23 heavy (non-hydrogen) atoms. The fourth-order valence-corrected chi connectivity index (χ4v) is 3.38. The van der Waals surface area contributed by atoms with Gasteiger partial charge in [-0.3, -0.25) is 9.89 Å². The van der Waals surface area contributed by atoms with Crippen LogP contribution in [-0.2, 0) is 14.6 Å². The smallest absolute Gasteiger partial charge is 0.276 e. The van der Waals surface area contributed by atoms with Gasteiger partial charge in [-0.2, -0.15) is 5.10 Å². The molecular formula is C13H16N4O5S. The van der Waals surface area contributed by atoms with Gasteiger partial charge in [-0.05, 0) is 6.92 Å². The molecule has 1 aliphatic heterocycles. The Kier molecular flexibility index (Phi) is 3.94. The standard InChI is InChI=1S/C13H16N4O5S/c1-8-11(14-7-22-8)13(18)17-3-4-21-6-9(17)12-10(5-15-16-12)23(2,19)20/h5,7,9H,3-4,6H2,1-2H3,(H,15,16)/t9-/m0/s1. The molecule has 0 spiro atoms. The van der Waals surface area contributed by atoms with Gasteiger partial charge in [0.15, 0.2) is 21.9 Å². The number of amides is 1. The molecule has 0 saturated carbocycles. The summed E-state index contributed by atoms with van der Waals surface area (Å²) in [5.41, 5.74) is 0.541. The second-order valence-electron chi connectivity index (χ2n) is 5.27. The van der Waals surface area contributed by atoms with E-state index < -0.39 is 15.9 Å². The number of H-pyrrole nitrogens is 1. The molecule has 9 nitrogen and oxygen atoms in total. The zero-order chi connectivity index (χ0) is 16.6. The minimum atomic E-state index is -3.47. The summed E-state index contributed by atoms with van der Waals surface area (Å²) in [6.45, 7) is 2.50. The number of morpholine rings is 1. The predicted octanol–water partition coefficient (Wildman–Crippen LogP) is 0.323. The van der Waals surface area contributed by atoms with E-state index in [1.54, 1.807) is 6.92 Å². The van der Waals surface area contributed by atoms with Crippen molar-refractivity contribution in [3.8, 4) is 0 Å². The number of hydrogen-bond acceptors (Lipinski definition) is 7. The van der Waals surface area contributed by atoms with Crippen LogP contribution in [0, 0.1) is 6.92 Å². The number of nitrogens with zero attached hydrogens (tertiary/aromatic N) is 3. The van der Waals surface area contributed by atoms with E-state index in [1.807, 2.05) is 0 Å². The second kappa shape index (κ2) is 5.78. The number of ether oxygens (including phenoxy) is 1. The van der Waals surface area contributed by atoms with Crippen molar-refractivity contribution >= 4 is 15.7 Å². The zero-order valence-corrected chi connectivity index (χ0v) is 13.5. The Morgan fingerprint density at radius 3 is 2.91 bits per heavy atom. The van der Waals surface area contributed by atoms with Crippen LogP contribution in [0.2, 0.25) is 0 Å². The maximum atomic E-state index is 12.7. The van der Waals surface area contributed by atoms with E-state index in [9.17, 15) is 13.2 Å². The molecule has 0 aliphatic carbocycles. The first-order valence-corrected chi connectivity index (χ1v) is 8.81. The predicted molar refractivity (Wildman–Crippen MR) is 77.5 cm³/mol. The molecule has 1 saturated heterocycles. The molecule has 0 unspecified atom stereocenters. The molecule has 10 heteroatoms. The number of hydrogen-bond donors (Lipinski definition) is 1. The molecule has 1 amide bonds. The molecule has 1 atom stereocenters. The summed E-state index contributed by atoms with van der Waals surface area (Å²) in [7, 11) is -3.47. The molecule has 0 radical (unpaired) electrons. The van der Waals surface area contributed by atoms with Gasteiger partial charge in [0.25, 0.3) is 5.91 Å². The lowest BCUT2D eigenvalue weighted by molar-refractivity contribution is -0.00504. The van der Waals surface area contributed by atoms with Crippen molar-refractivity contribution in [3.63, 3.8) is 0 Å². The minimum Gasteiger partial charge on any atom is -0.448 e. The highest BCUT2D eigenvalue weighted by Gasteiger charge is 2.35. The van der Waals surface area contributed by atoms with Crippen LogP contribution in [0.25, 0.3) is 0 Å². The summed E-state index contributed by atoms with van der Waals surface area (Å²) in [4.78, 5) is 18.2. The van der Waals surface area contributed by atoms with E-state index in [2.05, 4.69) is 15.2 Å². The number of aromatic nitrogens is 3. The van der Waals surface area contributed by atoms with E-state index in [1.165, 1.54) is 17.5 Å². The highest BCUT2D eigenvalue weighted by atomic mass is 32.2. The maximum absolute atomic E-state index is 12.7. The van der Waals surface area contributed by atoms with Gasteiger partial charge in [-0.15, -0.1) is 0 Å². The molecule has 0 bridgehead atoms. The number of aromatic amines is 1. The number of carbonyl (C=O) groups excluding carboxylic acids is 1. The largest absolute Gasteiger partial charge is 0.448 e. The molecule has 3 rings (SSSR count). The molecule has 124 valence electrons. The Bertz CT molecular complexity index is 825. The average Bonchev–Trinajstić information content (AvgIpc) is 3.14. The summed E-state index contributed by atoms with van der Waals surface area (Å²) in [5.74, 6) is 0.0757. The summed E-state index contributed by atoms with van der Waals surface area (Å²) in [6, 6.07) is -0.584. The van der Waals surface area contributed by atoms with Crippen LogP contribution in [0.5, 0.6) is 0 Å². The Morgan fingerprint density at radius 2 is 2.26 bits per heavy atom. The third kappa shape index (κ3) is 2.86. The third-order valence-electron chi connectivity index (χ3n) is 3.70. The van der Waals surface area contributed by atoms with Crippen molar-refractivity contribution in [1.29, 1.82) is 0 Å². The molecule has 1 aliphatic rings. The maximum Gasteiger partial charge on any atom is 0.276 e. The number of carbonyl (C=O) groups is 1. The van der Waals surface area contributed by atoms with Crippen LogP contribution in [-0.4, -0.2) is 60.4 Å². The monoisotopic (exact) mass is 340 g/mol. The number of rotatable bonds is 3. The Balaban J connectivity index is 1.99. The van der Waals surface area contributed by atoms with Crippen molar-refractivity contribution in [3.05, 3.63) is 29.7 Å². The van der Waals surface area contributed by atoms with Gasteiger partial charge in [0.1, 0.15) is 10.7 Å². The second-order valence-corrected chi connectivity index (χ2v) is 7.25. The van der Waals surface area contributed by atoms with Crippen LogP contribution < -0.4 is 0 Å². The normalized spacial score (nSPS) is 19.0. The van der Waals surface area contributed by atoms with E-state index in [0.717, 1.165) is 6.26 Å². The molecule has 1 fully saturated rings. The lowest BCUT2D eigenvalue weighted by atomic mass is 10.1. The lowest BCUT2D eigenvalue weighted by Gasteiger charge is -2.34. The molecule has 2 aromatic heterocycles. The number of sulfone groups is 1. The van der Waals surface area contributed by atoms with E-state index >= 15 is 0 Å². The van der Waals surface area contributed by atoms with Gasteiger partial charge in [0, 0.05) is 12.8 Å². The van der Waals surface area contributed by atoms with E-state index in [-0.39, 0.29) is 23.1 Å². The average molecular weight is 340 g/mol.